The zero-order chi connectivity index (χ0) is 24.6. The molecule has 2 aromatic rings. The molecule has 34 heavy (non-hydrogen) atoms. The first-order valence-corrected chi connectivity index (χ1v) is 11.1. The Kier molecular flexibility index (Phi) is 6.37. The van der Waals surface area contributed by atoms with Crippen molar-refractivity contribution in [3.05, 3.63) is 70.3 Å². The minimum atomic E-state index is -0.697. The lowest BCUT2D eigenvalue weighted by atomic mass is 9.90. The Morgan fingerprint density at radius 3 is 2.50 bits per heavy atom. The van der Waals surface area contributed by atoms with Crippen LogP contribution in [-0.4, -0.2) is 55.3 Å². The van der Waals surface area contributed by atoms with Crippen LogP contribution >= 0.6 is 0 Å². The van der Waals surface area contributed by atoms with Gasteiger partial charge in [0.25, 0.3) is 5.91 Å². The molecule has 2 aliphatic heterocycles. The minimum absolute atomic E-state index is 0.191. The molecule has 9 heteroatoms. The number of piperidine rings is 1. The maximum Gasteiger partial charge on any atom is 0.322 e. The first-order chi connectivity index (χ1) is 16.2. The van der Waals surface area contributed by atoms with E-state index in [9.17, 15) is 18.4 Å². The molecule has 178 valence electrons. The lowest BCUT2D eigenvalue weighted by Crippen LogP contribution is -2.48. The van der Waals surface area contributed by atoms with Crippen molar-refractivity contribution in [2.75, 3.05) is 31.6 Å². The zero-order valence-electron chi connectivity index (χ0n) is 19.3. The van der Waals surface area contributed by atoms with Crippen LogP contribution in [0.2, 0.25) is 0 Å². The smallest absolute Gasteiger partial charge is 0.322 e. The lowest BCUT2D eigenvalue weighted by molar-refractivity contribution is 0.0727. The third kappa shape index (κ3) is 4.13. The number of hydrogen-bond acceptors (Lipinski definition) is 4. The summed E-state index contributed by atoms with van der Waals surface area (Å²) in [5, 5.41) is 14.5. The van der Waals surface area contributed by atoms with E-state index in [-0.39, 0.29) is 17.6 Å². The van der Waals surface area contributed by atoms with Gasteiger partial charge < -0.3 is 20.9 Å². The van der Waals surface area contributed by atoms with E-state index in [1.165, 1.54) is 12.1 Å². The lowest BCUT2D eigenvalue weighted by Gasteiger charge is -2.37. The number of likely N-dealkylation sites (tertiary alicyclic amines) is 1. The summed E-state index contributed by atoms with van der Waals surface area (Å²) in [6.07, 6.45) is 0.358. The predicted octanol–water partition coefficient (Wildman–Crippen LogP) is 3.69. The highest BCUT2D eigenvalue weighted by Crippen LogP contribution is 2.30. The summed E-state index contributed by atoms with van der Waals surface area (Å²) in [7, 11) is 1.64. The summed E-state index contributed by atoms with van der Waals surface area (Å²) in [5.41, 5.74) is 3.48. The average Bonchev–Trinajstić information content (AvgIpc) is 3.22. The molecule has 2 aromatic carbocycles. The maximum absolute atomic E-state index is 13.8. The number of urea groups is 1. The van der Waals surface area contributed by atoms with E-state index in [1.807, 2.05) is 13.0 Å². The van der Waals surface area contributed by atoms with Gasteiger partial charge in [0.15, 0.2) is 0 Å². The van der Waals surface area contributed by atoms with Crippen molar-refractivity contribution in [2.24, 2.45) is 0 Å². The third-order valence-corrected chi connectivity index (χ3v) is 6.46. The quantitative estimate of drug-likeness (QED) is 0.641. The Morgan fingerprint density at radius 2 is 1.88 bits per heavy atom. The number of amides is 3. The fourth-order valence-corrected chi connectivity index (χ4v) is 4.68. The highest BCUT2D eigenvalue weighted by atomic mass is 19.1. The number of carbonyl (C=O) groups excluding carboxylic acids is 2. The molecule has 2 heterocycles. The van der Waals surface area contributed by atoms with E-state index >= 15 is 0 Å². The second-order valence-corrected chi connectivity index (χ2v) is 8.43. The molecule has 0 aliphatic carbocycles. The Morgan fingerprint density at radius 1 is 1.18 bits per heavy atom. The number of nitrogens with zero attached hydrogens (tertiary/aromatic N) is 2. The number of hydrogen-bond donors (Lipinski definition) is 3. The van der Waals surface area contributed by atoms with Crippen molar-refractivity contribution in [1.82, 2.24) is 15.5 Å². The van der Waals surface area contributed by atoms with Gasteiger partial charge in [0.1, 0.15) is 11.6 Å². The van der Waals surface area contributed by atoms with E-state index in [1.54, 1.807) is 35.9 Å². The molecule has 0 saturated carbocycles. The number of carbonyl (C=O) groups is 2. The third-order valence-electron chi connectivity index (χ3n) is 6.46. The number of anilines is 1. The Hall–Kier alpha value is -3.75. The van der Waals surface area contributed by atoms with E-state index < -0.39 is 17.7 Å². The van der Waals surface area contributed by atoms with Gasteiger partial charge in [-0.25, -0.2) is 13.6 Å². The highest BCUT2D eigenvalue weighted by molar-refractivity contribution is 6.11. The van der Waals surface area contributed by atoms with E-state index in [0.29, 0.717) is 59.7 Å². The summed E-state index contributed by atoms with van der Waals surface area (Å²) in [5.74, 6) is -1.62. The van der Waals surface area contributed by atoms with Crippen LogP contribution in [-0.2, 0) is 0 Å². The zero-order valence-corrected chi connectivity index (χ0v) is 19.3. The molecule has 7 nitrogen and oxygen atoms in total. The molecule has 3 N–H and O–H groups in total. The molecule has 0 aromatic heterocycles. The van der Waals surface area contributed by atoms with Gasteiger partial charge in [0, 0.05) is 60.8 Å². The molecule has 0 bridgehead atoms. The van der Waals surface area contributed by atoms with Gasteiger partial charge in [0.05, 0.1) is 11.8 Å². The molecule has 2 aliphatic rings. The van der Waals surface area contributed by atoms with Gasteiger partial charge in [-0.05, 0) is 50.1 Å². The molecule has 4 rings (SSSR count). The van der Waals surface area contributed by atoms with E-state index in [0.717, 1.165) is 6.07 Å². The molecule has 0 spiro atoms. The van der Waals surface area contributed by atoms with Crippen molar-refractivity contribution >= 4 is 29.0 Å². The maximum atomic E-state index is 13.8. The average molecular weight is 468 g/mol. The summed E-state index contributed by atoms with van der Waals surface area (Å²) >= 11 is 0. The molecule has 0 radical (unpaired) electrons. The fourth-order valence-electron chi connectivity index (χ4n) is 4.68. The highest BCUT2D eigenvalue weighted by Gasteiger charge is 2.34. The van der Waals surface area contributed by atoms with Crippen LogP contribution in [0.15, 0.2) is 42.0 Å². The van der Waals surface area contributed by atoms with Crippen LogP contribution in [0.5, 0.6) is 0 Å². The molecular weight excluding hydrogens is 440 g/mol. The standard InChI is InChI=1S/C25H27F2N5O2/c1-14-19(5-4-6-21(14)32-10-8-30-25(32)34)24(33)31-9-7-20(22(28)15(31)2)23(29-3)16-11-17(26)13-18(27)12-16/h4-6,11-13,15,28-29H,7-10H2,1-3H3,(H,30,34)/b23-20-,28-22?. The summed E-state index contributed by atoms with van der Waals surface area (Å²) in [4.78, 5) is 28.9. The van der Waals surface area contributed by atoms with Crippen LogP contribution < -0.4 is 15.5 Å². The second-order valence-electron chi connectivity index (χ2n) is 8.43. The van der Waals surface area contributed by atoms with Crippen LogP contribution in [0.1, 0.15) is 34.8 Å². The van der Waals surface area contributed by atoms with Gasteiger partial charge in [0.2, 0.25) is 0 Å². The second kappa shape index (κ2) is 9.24. The summed E-state index contributed by atoms with van der Waals surface area (Å²) in [6.45, 7) is 5.01. The van der Waals surface area contributed by atoms with Crippen LogP contribution in [0.4, 0.5) is 19.3 Å². The van der Waals surface area contributed by atoms with E-state index in [4.69, 9.17) is 5.41 Å². The molecular formula is C25H27F2N5O2. The van der Waals surface area contributed by atoms with Gasteiger partial charge in [-0.2, -0.15) is 0 Å². The van der Waals surface area contributed by atoms with Crippen LogP contribution in [0.3, 0.4) is 0 Å². The molecule has 3 amide bonds. The van der Waals surface area contributed by atoms with Crippen molar-refractivity contribution in [3.8, 4) is 0 Å². The Bertz CT molecular complexity index is 1190. The largest absolute Gasteiger partial charge is 0.387 e. The predicted molar refractivity (Wildman–Crippen MR) is 127 cm³/mol. The fraction of sp³-hybridized carbons (Fsp3) is 0.320. The van der Waals surface area contributed by atoms with Crippen LogP contribution in [0, 0.1) is 24.0 Å². The van der Waals surface area contributed by atoms with E-state index in [2.05, 4.69) is 10.6 Å². The number of benzene rings is 2. The first-order valence-electron chi connectivity index (χ1n) is 11.1. The number of rotatable bonds is 4. The van der Waals surface area contributed by atoms with Crippen molar-refractivity contribution < 1.29 is 18.4 Å². The van der Waals surface area contributed by atoms with Gasteiger partial charge in [-0.1, -0.05) is 6.07 Å². The summed E-state index contributed by atoms with van der Waals surface area (Å²) < 4.78 is 27.6. The van der Waals surface area contributed by atoms with Gasteiger partial charge >= 0.3 is 6.03 Å². The molecule has 2 saturated heterocycles. The molecule has 1 atom stereocenters. The van der Waals surface area contributed by atoms with Crippen molar-refractivity contribution in [2.45, 2.75) is 26.3 Å². The normalized spacial score (nSPS) is 19.9. The number of halogens is 2. The Balaban J connectivity index is 1.63. The Labute approximate surface area is 196 Å². The molecule has 1 unspecified atom stereocenters. The number of nitrogens with one attached hydrogen (secondary N) is 3. The molecule has 2 fully saturated rings. The minimum Gasteiger partial charge on any atom is -0.387 e. The van der Waals surface area contributed by atoms with Crippen molar-refractivity contribution in [1.29, 1.82) is 5.41 Å². The van der Waals surface area contributed by atoms with Gasteiger partial charge in [-0.3, -0.25) is 9.69 Å². The van der Waals surface area contributed by atoms with Gasteiger partial charge in [-0.15, -0.1) is 0 Å². The monoisotopic (exact) mass is 467 g/mol. The topological polar surface area (TPSA) is 88.5 Å². The van der Waals surface area contributed by atoms with Crippen LogP contribution in [0.25, 0.3) is 5.70 Å². The first kappa shape index (κ1) is 23.4. The SMILES string of the molecule is CN/C(=C1/CCN(C(=O)c2cccc(N3CCNC3=O)c2C)C(C)C1=N)c1cc(F)cc(F)c1. The van der Waals surface area contributed by atoms with Crippen molar-refractivity contribution in [3.63, 3.8) is 0 Å². The summed E-state index contributed by atoms with van der Waals surface area (Å²) in [6, 6.07) is 7.81.